The molecule has 2 N–H and O–H groups in total. The number of nitrogens with one attached hydrogen (secondary N) is 2. The third-order valence-electron chi connectivity index (χ3n) is 5.72. The van der Waals surface area contributed by atoms with Crippen molar-refractivity contribution in [2.45, 2.75) is 38.6 Å². The molecule has 4 rings (SSSR count). The molecule has 7 nitrogen and oxygen atoms in total. The molecule has 180 valence electrons. The van der Waals surface area contributed by atoms with Crippen LogP contribution in [0.25, 0.3) is 22.3 Å². The highest BCUT2D eigenvalue weighted by Crippen LogP contribution is 2.33. The Kier molecular flexibility index (Phi) is 6.49. The molecule has 1 atom stereocenters. The minimum atomic E-state index is -4.06. The predicted octanol–water partition coefficient (Wildman–Crippen LogP) is 5.07. The number of amides is 1. The molecule has 1 amide bonds. The summed E-state index contributed by atoms with van der Waals surface area (Å²) in [4.78, 5) is 24.7. The number of fused-ring (bicyclic) bond motifs is 1. The van der Waals surface area contributed by atoms with Crippen molar-refractivity contribution >= 4 is 32.6 Å². The number of aryl methyl sites for hydroxylation is 1. The summed E-state index contributed by atoms with van der Waals surface area (Å²) in [6, 6.07) is 19.0. The van der Waals surface area contributed by atoms with Gasteiger partial charge in [-0.25, -0.2) is 13.1 Å². The van der Waals surface area contributed by atoms with Gasteiger partial charge in [-0.05, 0) is 44.5 Å². The van der Waals surface area contributed by atoms with Crippen LogP contribution in [-0.2, 0) is 14.8 Å². The van der Waals surface area contributed by atoms with Gasteiger partial charge in [0.05, 0.1) is 17.1 Å². The molecule has 0 saturated heterocycles. The maximum Gasteiger partial charge on any atom is 0.266 e. The van der Waals surface area contributed by atoms with E-state index in [2.05, 4.69) is 5.32 Å². The summed E-state index contributed by atoms with van der Waals surface area (Å²) in [7, 11) is -4.06. The van der Waals surface area contributed by atoms with Crippen molar-refractivity contribution < 1.29 is 17.6 Å². The quantitative estimate of drug-likeness (QED) is 0.391. The van der Waals surface area contributed by atoms with E-state index in [4.69, 9.17) is 4.42 Å². The summed E-state index contributed by atoms with van der Waals surface area (Å²) in [5.74, 6) is -0.183. The maximum atomic E-state index is 13.3. The van der Waals surface area contributed by atoms with Gasteiger partial charge in [0.15, 0.2) is 5.43 Å². The van der Waals surface area contributed by atoms with Crippen molar-refractivity contribution in [2.24, 2.45) is 0 Å². The van der Waals surface area contributed by atoms with E-state index < -0.39 is 22.0 Å². The van der Waals surface area contributed by atoms with Crippen LogP contribution in [-0.4, -0.2) is 14.3 Å². The molecule has 3 aromatic carbocycles. The normalized spacial score (nSPS) is 12.3. The molecule has 1 heterocycles. The number of carbonyl (C=O) groups excluding carboxylic acids is 1. The number of anilines is 1. The Balaban J connectivity index is 1.85. The zero-order valence-electron chi connectivity index (χ0n) is 19.9. The molecule has 0 fully saturated rings. The zero-order valence-corrected chi connectivity index (χ0v) is 20.7. The molecule has 1 aromatic heterocycles. The SMILES string of the molecule is CC(=O)NS(=O)(=O)c1ccccc1NC(C)c1cc(C)cc2c(=O)c(C)c(-c3ccccc3)oc12. The second kappa shape index (κ2) is 9.38. The van der Waals surface area contributed by atoms with E-state index in [0.717, 1.165) is 18.1 Å². The minimum Gasteiger partial charge on any atom is -0.455 e. The third kappa shape index (κ3) is 4.83. The topological polar surface area (TPSA) is 105 Å². The summed E-state index contributed by atoms with van der Waals surface area (Å²) in [5.41, 5.74) is 3.54. The molecule has 1 unspecified atom stereocenters. The van der Waals surface area contributed by atoms with Crippen LogP contribution in [0.4, 0.5) is 5.69 Å². The molecule has 8 heteroatoms. The number of hydrogen-bond acceptors (Lipinski definition) is 6. The van der Waals surface area contributed by atoms with E-state index in [-0.39, 0.29) is 10.3 Å². The van der Waals surface area contributed by atoms with Crippen LogP contribution >= 0.6 is 0 Å². The van der Waals surface area contributed by atoms with Crippen LogP contribution in [0.15, 0.2) is 80.8 Å². The second-order valence-electron chi connectivity index (χ2n) is 8.51. The number of hydrogen-bond donors (Lipinski definition) is 2. The van der Waals surface area contributed by atoms with Crippen LogP contribution in [0.5, 0.6) is 0 Å². The van der Waals surface area contributed by atoms with Crippen molar-refractivity contribution in [3.8, 4) is 11.3 Å². The smallest absolute Gasteiger partial charge is 0.266 e. The molecule has 0 spiro atoms. The van der Waals surface area contributed by atoms with Crippen LogP contribution in [0.1, 0.15) is 36.6 Å². The van der Waals surface area contributed by atoms with Crippen molar-refractivity contribution in [1.82, 2.24) is 4.72 Å². The molecule has 35 heavy (non-hydrogen) atoms. The molecule has 0 radical (unpaired) electrons. The molecule has 0 aliphatic carbocycles. The number of para-hydroxylation sites is 1. The molecule has 0 aliphatic heterocycles. The first kappa shape index (κ1) is 24.2. The Labute approximate surface area is 203 Å². The second-order valence-corrected chi connectivity index (χ2v) is 10.2. The lowest BCUT2D eigenvalue weighted by atomic mass is 9.99. The summed E-state index contributed by atoms with van der Waals surface area (Å²) in [6.07, 6.45) is 0. The average molecular weight is 491 g/mol. The highest BCUT2D eigenvalue weighted by molar-refractivity contribution is 7.90. The van der Waals surface area contributed by atoms with Crippen LogP contribution in [0.3, 0.4) is 0 Å². The van der Waals surface area contributed by atoms with Crippen molar-refractivity contribution in [2.75, 3.05) is 5.32 Å². The number of sulfonamides is 1. The van der Waals surface area contributed by atoms with Gasteiger partial charge < -0.3 is 9.73 Å². The first-order valence-electron chi connectivity index (χ1n) is 11.1. The maximum absolute atomic E-state index is 13.3. The summed E-state index contributed by atoms with van der Waals surface area (Å²) >= 11 is 0. The van der Waals surface area contributed by atoms with E-state index in [9.17, 15) is 18.0 Å². The van der Waals surface area contributed by atoms with Crippen molar-refractivity contribution in [3.63, 3.8) is 0 Å². The molecule has 4 aromatic rings. The van der Waals surface area contributed by atoms with Crippen molar-refractivity contribution in [1.29, 1.82) is 0 Å². The Morgan fingerprint density at radius 3 is 2.31 bits per heavy atom. The lowest BCUT2D eigenvalue weighted by Crippen LogP contribution is -2.29. The highest BCUT2D eigenvalue weighted by atomic mass is 32.2. The van der Waals surface area contributed by atoms with E-state index in [1.807, 2.05) is 55.0 Å². The molecule has 0 bridgehead atoms. The molecular weight excluding hydrogens is 464 g/mol. The first-order valence-corrected chi connectivity index (χ1v) is 12.6. The lowest BCUT2D eigenvalue weighted by molar-refractivity contribution is -0.117. The largest absolute Gasteiger partial charge is 0.455 e. The third-order valence-corrected chi connectivity index (χ3v) is 7.21. The molecule has 0 aliphatic rings. The fourth-order valence-electron chi connectivity index (χ4n) is 4.13. The van der Waals surface area contributed by atoms with Crippen LogP contribution in [0.2, 0.25) is 0 Å². The average Bonchev–Trinajstić information content (AvgIpc) is 2.81. The lowest BCUT2D eigenvalue weighted by Gasteiger charge is -2.20. The van der Waals surface area contributed by atoms with Crippen molar-refractivity contribution in [3.05, 3.63) is 93.6 Å². The number of carbonyl (C=O) groups is 1. The first-order chi connectivity index (χ1) is 16.6. The summed E-state index contributed by atoms with van der Waals surface area (Å²) in [6.45, 7) is 6.65. The highest BCUT2D eigenvalue weighted by Gasteiger charge is 2.23. The zero-order chi connectivity index (χ0) is 25.3. The van der Waals surface area contributed by atoms with Gasteiger partial charge >= 0.3 is 0 Å². The van der Waals surface area contributed by atoms with Gasteiger partial charge in [0.1, 0.15) is 16.2 Å². The van der Waals surface area contributed by atoms with Crippen LogP contribution in [0, 0.1) is 13.8 Å². The fourth-order valence-corrected chi connectivity index (χ4v) is 5.29. The van der Waals surface area contributed by atoms with Gasteiger partial charge in [0, 0.05) is 23.6 Å². The number of benzene rings is 3. The van der Waals surface area contributed by atoms with Gasteiger partial charge in [0.25, 0.3) is 10.0 Å². The number of rotatable bonds is 6. The fraction of sp³-hybridized carbons (Fsp3) is 0.185. The van der Waals surface area contributed by atoms with Gasteiger partial charge in [-0.15, -0.1) is 0 Å². The van der Waals surface area contributed by atoms with Crippen LogP contribution < -0.4 is 15.5 Å². The van der Waals surface area contributed by atoms with E-state index in [0.29, 0.717) is 33.5 Å². The Morgan fingerprint density at radius 2 is 1.63 bits per heavy atom. The van der Waals surface area contributed by atoms with Gasteiger partial charge in [0.2, 0.25) is 5.91 Å². The van der Waals surface area contributed by atoms with Gasteiger partial charge in [-0.2, -0.15) is 0 Å². The predicted molar refractivity (Wildman–Crippen MR) is 137 cm³/mol. The van der Waals surface area contributed by atoms with E-state index in [1.54, 1.807) is 31.2 Å². The minimum absolute atomic E-state index is 0.0544. The van der Waals surface area contributed by atoms with Gasteiger partial charge in [-0.1, -0.05) is 48.5 Å². The Bertz CT molecular complexity index is 1590. The van der Waals surface area contributed by atoms with Gasteiger partial charge in [-0.3, -0.25) is 9.59 Å². The Hall–Kier alpha value is -3.91. The van der Waals surface area contributed by atoms with E-state index >= 15 is 0 Å². The molecule has 0 saturated carbocycles. The summed E-state index contributed by atoms with van der Waals surface area (Å²) in [5, 5.41) is 3.69. The summed E-state index contributed by atoms with van der Waals surface area (Å²) < 4.78 is 33.7. The van der Waals surface area contributed by atoms with E-state index in [1.165, 1.54) is 6.07 Å². The molecular formula is C27H26N2O5S. The Morgan fingerprint density at radius 1 is 0.971 bits per heavy atom. The standard InChI is InChI=1S/C27H26N2O5S/c1-16-14-21(18(3)28-23-12-8-9-13-24(23)35(32,33)29-19(4)30)27-22(15-16)25(31)17(2)26(34-27)20-10-6-5-7-11-20/h5-15,18,28H,1-4H3,(H,29,30). The monoisotopic (exact) mass is 490 g/mol.